The first-order chi connectivity index (χ1) is 8.69. The Kier molecular flexibility index (Phi) is 6.26. The van der Waals surface area contributed by atoms with Gasteiger partial charge in [-0.25, -0.2) is 0 Å². The van der Waals surface area contributed by atoms with Crippen molar-refractivity contribution < 1.29 is 9.94 Å². The summed E-state index contributed by atoms with van der Waals surface area (Å²) >= 11 is 0. The summed E-state index contributed by atoms with van der Waals surface area (Å²) in [6.45, 7) is 6.71. The second kappa shape index (κ2) is 7.75. The van der Waals surface area contributed by atoms with Gasteiger partial charge in [-0.2, -0.15) is 0 Å². The molecule has 0 aromatic heterocycles. The summed E-state index contributed by atoms with van der Waals surface area (Å²) in [4.78, 5) is 0. The third-order valence-corrected chi connectivity index (χ3v) is 2.93. The van der Waals surface area contributed by atoms with Crippen LogP contribution in [0.2, 0.25) is 0 Å². The van der Waals surface area contributed by atoms with Crippen LogP contribution < -0.4 is 4.74 Å². The maximum atomic E-state index is 8.86. The number of unbranched alkanes of at least 4 members (excludes halogenated alkanes) is 3. The molecular formula is C15H23NO2. The molecule has 0 aliphatic carbocycles. The van der Waals surface area contributed by atoms with Gasteiger partial charge in [-0.05, 0) is 38.0 Å². The minimum Gasteiger partial charge on any atom is -0.493 e. The van der Waals surface area contributed by atoms with Gasteiger partial charge in [0.15, 0.2) is 0 Å². The Bertz CT molecular complexity index is 399. The van der Waals surface area contributed by atoms with Gasteiger partial charge >= 0.3 is 0 Å². The van der Waals surface area contributed by atoms with Crippen molar-refractivity contribution in [1.82, 2.24) is 0 Å². The summed E-state index contributed by atoms with van der Waals surface area (Å²) in [5, 5.41) is 12.1. The Hall–Kier alpha value is -1.51. The molecule has 0 aliphatic rings. The van der Waals surface area contributed by atoms with Crippen molar-refractivity contribution in [3.8, 4) is 5.75 Å². The second-order valence-corrected chi connectivity index (χ2v) is 4.59. The lowest BCUT2D eigenvalue weighted by atomic mass is 10.1. The fraction of sp³-hybridized carbons (Fsp3) is 0.533. The molecule has 0 saturated carbocycles. The largest absolute Gasteiger partial charge is 0.493 e. The van der Waals surface area contributed by atoms with Crippen molar-refractivity contribution in [2.45, 2.75) is 46.5 Å². The van der Waals surface area contributed by atoms with E-state index in [0.29, 0.717) is 5.71 Å². The Morgan fingerprint density at radius 3 is 2.72 bits per heavy atom. The summed E-state index contributed by atoms with van der Waals surface area (Å²) < 4.78 is 5.80. The van der Waals surface area contributed by atoms with Gasteiger partial charge in [0.05, 0.1) is 12.3 Å². The van der Waals surface area contributed by atoms with Gasteiger partial charge in [-0.15, -0.1) is 0 Å². The average Bonchev–Trinajstić information content (AvgIpc) is 2.38. The third-order valence-electron chi connectivity index (χ3n) is 2.93. The molecule has 3 nitrogen and oxygen atoms in total. The fourth-order valence-electron chi connectivity index (χ4n) is 1.81. The lowest BCUT2D eigenvalue weighted by Gasteiger charge is -2.11. The minimum absolute atomic E-state index is 0.582. The number of oxime groups is 1. The number of benzene rings is 1. The van der Waals surface area contributed by atoms with Gasteiger partial charge in [-0.3, -0.25) is 0 Å². The van der Waals surface area contributed by atoms with Crippen LogP contribution in [0, 0.1) is 6.92 Å². The van der Waals surface area contributed by atoms with Crippen LogP contribution in [0.25, 0.3) is 0 Å². The summed E-state index contributed by atoms with van der Waals surface area (Å²) in [5.41, 5.74) is 2.59. The molecule has 0 amide bonds. The topological polar surface area (TPSA) is 41.8 Å². The molecule has 1 N–H and O–H groups in total. The third kappa shape index (κ3) is 4.40. The monoisotopic (exact) mass is 249 g/mol. The molecule has 1 rings (SSSR count). The molecule has 1 aromatic carbocycles. The molecule has 0 atom stereocenters. The van der Waals surface area contributed by atoms with E-state index in [1.807, 2.05) is 25.1 Å². The number of rotatable bonds is 7. The van der Waals surface area contributed by atoms with Gasteiger partial charge in [0.2, 0.25) is 0 Å². The van der Waals surface area contributed by atoms with Crippen LogP contribution in [0.4, 0.5) is 0 Å². The van der Waals surface area contributed by atoms with Crippen LogP contribution in [-0.4, -0.2) is 17.5 Å². The van der Waals surface area contributed by atoms with Crippen molar-refractivity contribution in [3.05, 3.63) is 29.3 Å². The van der Waals surface area contributed by atoms with Gasteiger partial charge in [0, 0.05) is 5.56 Å². The maximum absolute atomic E-state index is 8.86. The quantitative estimate of drug-likeness (QED) is 0.341. The highest BCUT2D eigenvalue weighted by atomic mass is 16.5. The molecule has 0 radical (unpaired) electrons. The number of nitrogens with zero attached hydrogens (tertiary/aromatic N) is 1. The van der Waals surface area contributed by atoms with Crippen molar-refractivity contribution in [1.29, 1.82) is 0 Å². The zero-order chi connectivity index (χ0) is 13.4. The zero-order valence-electron chi connectivity index (χ0n) is 11.6. The van der Waals surface area contributed by atoms with Crippen molar-refractivity contribution in [3.63, 3.8) is 0 Å². The molecule has 0 heterocycles. The second-order valence-electron chi connectivity index (χ2n) is 4.59. The molecule has 0 unspecified atom stereocenters. The highest BCUT2D eigenvalue weighted by Gasteiger charge is 2.07. The minimum atomic E-state index is 0.582. The van der Waals surface area contributed by atoms with E-state index in [1.165, 1.54) is 19.3 Å². The Labute approximate surface area is 109 Å². The number of hydrogen-bond acceptors (Lipinski definition) is 3. The van der Waals surface area contributed by atoms with Crippen LogP contribution in [0.5, 0.6) is 5.75 Å². The maximum Gasteiger partial charge on any atom is 0.128 e. The lowest BCUT2D eigenvalue weighted by Crippen LogP contribution is -2.04. The van der Waals surface area contributed by atoms with E-state index in [-0.39, 0.29) is 0 Å². The molecule has 18 heavy (non-hydrogen) atoms. The summed E-state index contributed by atoms with van der Waals surface area (Å²) in [7, 11) is 0. The number of aryl methyl sites for hydroxylation is 1. The molecule has 0 aliphatic heterocycles. The molecule has 0 spiro atoms. The van der Waals surface area contributed by atoms with E-state index in [4.69, 9.17) is 9.94 Å². The predicted octanol–water partition coefficient (Wildman–Crippen LogP) is 4.15. The standard InChI is InChI=1S/C15H23NO2/c1-4-5-6-7-10-18-15-11-12(2)8-9-14(15)13(3)16-17/h8-9,11,17H,4-7,10H2,1-3H3/b16-13+. The van der Waals surface area contributed by atoms with E-state index >= 15 is 0 Å². The molecule has 0 fully saturated rings. The Balaban J connectivity index is 2.65. The normalized spacial score (nSPS) is 11.6. The average molecular weight is 249 g/mol. The fourth-order valence-corrected chi connectivity index (χ4v) is 1.81. The molecule has 100 valence electrons. The number of ether oxygens (including phenoxy) is 1. The SMILES string of the molecule is CCCCCCOc1cc(C)ccc1/C(C)=N/O. The van der Waals surface area contributed by atoms with Gasteiger partial charge < -0.3 is 9.94 Å². The summed E-state index contributed by atoms with van der Waals surface area (Å²) in [6, 6.07) is 5.92. The van der Waals surface area contributed by atoms with Crippen molar-refractivity contribution in [2.24, 2.45) is 5.16 Å². The Morgan fingerprint density at radius 2 is 2.06 bits per heavy atom. The van der Waals surface area contributed by atoms with Crippen molar-refractivity contribution in [2.75, 3.05) is 6.61 Å². The zero-order valence-corrected chi connectivity index (χ0v) is 11.6. The molecular weight excluding hydrogens is 226 g/mol. The van der Waals surface area contributed by atoms with Crippen LogP contribution >= 0.6 is 0 Å². The summed E-state index contributed by atoms with van der Waals surface area (Å²) in [6.07, 6.45) is 4.74. The van der Waals surface area contributed by atoms with Gasteiger partial charge in [-0.1, -0.05) is 37.4 Å². The smallest absolute Gasteiger partial charge is 0.128 e. The first-order valence-corrected chi connectivity index (χ1v) is 6.61. The van der Waals surface area contributed by atoms with Gasteiger partial charge in [0.25, 0.3) is 0 Å². The summed E-state index contributed by atoms with van der Waals surface area (Å²) in [5.74, 6) is 0.807. The molecule has 1 aromatic rings. The highest BCUT2D eigenvalue weighted by molar-refractivity contribution is 6.00. The first kappa shape index (κ1) is 14.6. The van der Waals surface area contributed by atoms with Crippen LogP contribution in [0.15, 0.2) is 23.4 Å². The predicted molar refractivity (Wildman–Crippen MR) is 74.8 cm³/mol. The first-order valence-electron chi connectivity index (χ1n) is 6.61. The molecule has 3 heteroatoms. The van der Waals surface area contributed by atoms with Gasteiger partial charge in [0.1, 0.15) is 5.75 Å². The highest BCUT2D eigenvalue weighted by Crippen LogP contribution is 2.21. The Morgan fingerprint density at radius 1 is 1.28 bits per heavy atom. The van der Waals surface area contributed by atoms with Crippen LogP contribution in [-0.2, 0) is 0 Å². The van der Waals surface area contributed by atoms with Crippen LogP contribution in [0.1, 0.15) is 50.7 Å². The van der Waals surface area contributed by atoms with Crippen LogP contribution in [0.3, 0.4) is 0 Å². The molecule has 0 saturated heterocycles. The number of hydrogen-bond donors (Lipinski definition) is 1. The van der Waals surface area contributed by atoms with E-state index in [9.17, 15) is 0 Å². The lowest BCUT2D eigenvalue weighted by molar-refractivity contribution is 0.302. The van der Waals surface area contributed by atoms with E-state index < -0.39 is 0 Å². The van der Waals surface area contributed by atoms with E-state index in [2.05, 4.69) is 12.1 Å². The van der Waals surface area contributed by atoms with Crippen molar-refractivity contribution >= 4 is 5.71 Å². The molecule has 0 bridgehead atoms. The van der Waals surface area contributed by atoms with E-state index in [0.717, 1.165) is 29.9 Å². The van der Waals surface area contributed by atoms with E-state index in [1.54, 1.807) is 6.92 Å².